The zero-order valence-electron chi connectivity index (χ0n) is 16.0. The summed E-state index contributed by atoms with van der Waals surface area (Å²) in [6, 6.07) is 4.18. The van der Waals surface area contributed by atoms with Crippen LogP contribution >= 0.6 is 0 Å². The molecule has 0 bridgehead atoms. The van der Waals surface area contributed by atoms with E-state index in [-0.39, 0.29) is 23.7 Å². The van der Waals surface area contributed by atoms with E-state index in [0.29, 0.717) is 11.8 Å². The number of benzene rings is 1. The second-order valence-electron chi connectivity index (χ2n) is 6.62. The van der Waals surface area contributed by atoms with Gasteiger partial charge in [0.2, 0.25) is 0 Å². The Kier molecular flexibility index (Phi) is 5.51. The van der Waals surface area contributed by atoms with Gasteiger partial charge < -0.3 is 9.64 Å². The first-order chi connectivity index (χ1) is 14.0. The maximum atomic E-state index is 13.7. The number of halogens is 4. The number of aryl methyl sites for hydroxylation is 1. The highest BCUT2D eigenvalue weighted by Crippen LogP contribution is 2.33. The highest BCUT2D eigenvalue weighted by atomic mass is 19.4. The van der Waals surface area contributed by atoms with Crippen LogP contribution in [0.15, 0.2) is 36.9 Å². The summed E-state index contributed by atoms with van der Waals surface area (Å²) in [4.78, 5) is 31.1. The van der Waals surface area contributed by atoms with E-state index in [1.165, 1.54) is 32.2 Å². The average molecular weight is 423 g/mol. The van der Waals surface area contributed by atoms with Gasteiger partial charge in [-0.2, -0.15) is 13.2 Å². The van der Waals surface area contributed by atoms with Gasteiger partial charge in [-0.1, -0.05) is 12.7 Å². The Morgan fingerprint density at radius 1 is 1.33 bits per heavy atom. The van der Waals surface area contributed by atoms with Gasteiger partial charge in [0.25, 0.3) is 5.91 Å². The maximum Gasteiger partial charge on any atom is 0.416 e. The second-order valence-corrected chi connectivity index (χ2v) is 6.62. The number of rotatable bonds is 4. The van der Waals surface area contributed by atoms with Gasteiger partial charge in [0.1, 0.15) is 18.2 Å². The fraction of sp³-hybridized carbons (Fsp3) is 0.250. The van der Waals surface area contributed by atoms with Crippen molar-refractivity contribution in [2.75, 3.05) is 23.5 Å². The molecule has 0 radical (unpaired) electrons. The molecule has 1 atom stereocenters. The van der Waals surface area contributed by atoms with Crippen LogP contribution in [-0.4, -0.2) is 36.7 Å². The molecule has 2 aromatic rings. The minimum atomic E-state index is -4.66. The Balaban J connectivity index is 1.96. The molecule has 1 aliphatic rings. The lowest BCUT2D eigenvalue weighted by Gasteiger charge is -2.26. The first-order valence-electron chi connectivity index (χ1n) is 8.74. The minimum absolute atomic E-state index is 0.0215. The van der Waals surface area contributed by atoms with E-state index in [1.54, 1.807) is 0 Å². The van der Waals surface area contributed by atoms with E-state index in [0.717, 1.165) is 21.9 Å². The van der Waals surface area contributed by atoms with E-state index >= 15 is 0 Å². The molecule has 0 saturated carbocycles. The van der Waals surface area contributed by atoms with Crippen molar-refractivity contribution in [1.82, 2.24) is 4.98 Å². The predicted octanol–water partition coefficient (Wildman–Crippen LogP) is 4.18. The molecule has 1 aromatic heterocycles. The summed E-state index contributed by atoms with van der Waals surface area (Å²) in [5.74, 6) is -1.51. The Labute approximate surface area is 169 Å². The van der Waals surface area contributed by atoms with Crippen LogP contribution in [0.2, 0.25) is 0 Å². The maximum absolute atomic E-state index is 13.7. The number of alkyl halides is 3. The lowest BCUT2D eigenvalue weighted by atomic mass is 10.1. The molecular formula is C20H17F4N3O3. The Morgan fingerprint density at radius 2 is 2.03 bits per heavy atom. The Morgan fingerprint density at radius 3 is 2.67 bits per heavy atom. The van der Waals surface area contributed by atoms with Gasteiger partial charge >= 0.3 is 12.3 Å². The normalized spacial score (nSPS) is 16.4. The van der Waals surface area contributed by atoms with Gasteiger partial charge in [0.15, 0.2) is 6.04 Å². The molecule has 0 spiro atoms. The van der Waals surface area contributed by atoms with Gasteiger partial charge in [-0.15, -0.1) is 0 Å². The largest absolute Gasteiger partial charge is 0.446 e. The second kappa shape index (κ2) is 7.77. The third kappa shape index (κ3) is 3.98. The molecule has 1 aliphatic heterocycles. The van der Waals surface area contributed by atoms with Crippen LogP contribution in [0.3, 0.4) is 0 Å². The summed E-state index contributed by atoms with van der Waals surface area (Å²) < 4.78 is 58.1. The van der Waals surface area contributed by atoms with Crippen molar-refractivity contribution < 1.29 is 31.9 Å². The van der Waals surface area contributed by atoms with E-state index < -0.39 is 35.6 Å². The molecule has 3 rings (SSSR count). The van der Waals surface area contributed by atoms with Crippen LogP contribution in [0.5, 0.6) is 0 Å². The first kappa shape index (κ1) is 21.3. The summed E-state index contributed by atoms with van der Waals surface area (Å²) in [6.45, 7) is 4.48. The Hall–Kier alpha value is -3.43. The number of hydrogen-bond acceptors (Lipinski definition) is 4. The summed E-state index contributed by atoms with van der Waals surface area (Å²) >= 11 is 0. The summed E-state index contributed by atoms with van der Waals surface area (Å²) in [5, 5.41) is 0. The van der Waals surface area contributed by atoms with Crippen molar-refractivity contribution in [3.63, 3.8) is 0 Å². The number of ether oxygens (including phenoxy) is 1. The van der Waals surface area contributed by atoms with Gasteiger partial charge in [-0.3, -0.25) is 4.79 Å². The summed E-state index contributed by atoms with van der Waals surface area (Å²) in [5.41, 5.74) is -0.506. The zero-order valence-corrected chi connectivity index (χ0v) is 16.0. The number of carbonyl (C=O) groups is 2. The van der Waals surface area contributed by atoms with Crippen molar-refractivity contribution in [2.24, 2.45) is 0 Å². The number of cyclic esters (lactones) is 1. The van der Waals surface area contributed by atoms with Crippen molar-refractivity contribution in [3.8, 4) is 0 Å². The lowest BCUT2D eigenvalue weighted by Crippen LogP contribution is -2.47. The van der Waals surface area contributed by atoms with Crippen LogP contribution in [0.1, 0.15) is 16.8 Å². The number of pyridine rings is 1. The van der Waals surface area contributed by atoms with E-state index in [9.17, 15) is 27.2 Å². The fourth-order valence-electron chi connectivity index (χ4n) is 3.04. The molecule has 1 aromatic carbocycles. The molecule has 2 amide bonds. The van der Waals surface area contributed by atoms with Crippen molar-refractivity contribution in [2.45, 2.75) is 19.1 Å². The summed E-state index contributed by atoms with van der Waals surface area (Å²) in [6.07, 6.45) is -4.36. The first-order valence-corrected chi connectivity index (χ1v) is 8.74. The number of nitrogens with zero attached hydrogens (tertiary/aromatic N) is 3. The molecule has 10 heteroatoms. The molecular weight excluding hydrogens is 406 g/mol. The minimum Gasteiger partial charge on any atom is -0.446 e. The van der Waals surface area contributed by atoms with Crippen molar-refractivity contribution in [1.29, 1.82) is 0 Å². The van der Waals surface area contributed by atoms with E-state index in [1.807, 2.05) is 0 Å². The van der Waals surface area contributed by atoms with Gasteiger partial charge in [-0.05, 0) is 37.3 Å². The smallest absolute Gasteiger partial charge is 0.416 e. The third-order valence-corrected chi connectivity index (χ3v) is 4.59. The topological polar surface area (TPSA) is 62.7 Å². The quantitative estimate of drug-likeness (QED) is 0.693. The fourth-order valence-corrected chi connectivity index (χ4v) is 3.04. The predicted molar refractivity (Wildman–Crippen MR) is 101 cm³/mol. The molecule has 1 unspecified atom stereocenters. The highest BCUT2D eigenvalue weighted by Gasteiger charge is 2.43. The average Bonchev–Trinajstić information content (AvgIpc) is 3.07. The van der Waals surface area contributed by atoms with Crippen LogP contribution < -0.4 is 9.80 Å². The molecule has 158 valence electrons. The SMILES string of the molecule is C=Cc1cc(N(C)C(=O)C2COC(=O)N2c2cc(C(F)(F)F)cc(C)n2)ccc1F. The molecule has 2 heterocycles. The van der Waals surface area contributed by atoms with Crippen LogP contribution in [0.25, 0.3) is 6.08 Å². The number of amides is 2. The standard InChI is InChI=1S/C20H17F4N3O3/c1-4-12-8-14(5-6-15(12)21)26(3)18(28)16-10-30-19(29)27(16)17-9-13(20(22,23)24)7-11(2)25-17/h4-9,16H,1,10H2,2-3H3. The zero-order chi connectivity index (χ0) is 22.2. The number of anilines is 2. The van der Waals surface area contributed by atoms with E-state index in [2.05, 4.69) is 11.6 Å². The number of carbonyl (C=O) groups excluding carboxylic acids is 2. The molecule has 30 heavy (non-hydrogen) atoms. The lowest BCUT2D eigenvalue weighted by molar-refractivity contribution is -0.137. The summed E-state index contributed by atoms with van der Waals surface area (Å²) in [7, 11) is 1.40. The number of hydrogen-bond donors (Lipinski definition) is 0. The monoisotopic (exact) mass is 423 g/mol. The molecule has 6 nitrogen and oxygen atoms in total. The van der Waals surface area contributed by atoms with Gasteiger partial charge in [0.05, 0.1) is 5.56 Å². The number of likely N-dealkylation sites (N-methyl/N-ethyl adjacent to an activating group) is 1. The third-order valence-electron chi connectivity index (χ3n) is 4.59. The highest BCUT2D eigenvalue weighted by molar-refractivity contribution is 6.05. The van der Waals surface area contributed by atoms with Crippen LogP contribution in [0, 0.1) is 12.7 Å². The van der Waals surface area contributed by atoms with Crippen LogP contribution in [0.4, 0.5) is 33.9 Å². The van der Waals surface area contributed by atoms with Gasteiger partial charge in [0, 0.05) is 24.0 Å². The molecule has 0 aliphatic carbocycles. The van der Waals surface area contributed by atoms with E-state index in [4.69, 9.17) is 4.74 Å². The number of aromatic nitrogens is 1. The Bertz CT molecular complexity index is 1020. The van der Waals surface area contributed by atoms with Crippen molar-refractivity contribution in [3.05, 3.63) is 59.5 Å². The van der Waals surface area contributed by atoms with Crippen LogP contribution in [-0.2, 0) is 15.7 Å². The van der Waals surface area contributed by atoms with Gasteiger partial charge in [-0.25, -0.2) is 19.1 Å². The molecule has 0 N–H and O–H groups in total. The molecule has 1 saturated heterocycles. The molecule has 1 fully saturated rings. The van der Waals surface area contributed by atoms with Crippen molar-refractivity contribution >= 4 is 29.6 Å².